The number of anilines is 1. The number of nitrogens with zero attached hydrogens (tertiary/aromatic N) is 6. The zero-order valence-electron chi connectivity index (χ0n) is 19.1. The van der Waals surface area contributed by atoms with E-state index in [2.05, 4.69) is 49.5 Å². The summed E-state index contributed by atoms with van der Waals surface area (Å²) in [4.78, 5) is 24.6. The van der Waals surface area contributed by atoms with Gasteiger partial charge in [-0.1, -0.05) is 0 Å². The SMILES string of the molecule is COCCn1c(-c2cnc(-c3ccc4scnc4c3)[nH]2)nc2c(N3CCOCC3C)nccc21. The predicted octanol–water partition coefficient (Wildman–Crippen LogP) is 3.97. The molecule has 0 aliphatic carbocycles. The highest BCUT2D eigenvalue weighted by molar-refractivity contribution is 7.16. The van der Waals surface area contributed by atoms with Crippen molar-refractivity contribution in [3.05, 3.63) is 42.2 Å². The Labute approximate surface area is 200 Å². The summed E-state index contributed by atoms with van der Waals surface area (Å²) in [6.07, 6.45) is 3.70. The van der Waals surface area contributed by atoms with E-state index < -0.39 is 0 Å². The van der Waals surface area contributed by atoms with Crippen molar-refractivity contribution in [2.45, 2.75) is 19.5 Å². The van der Waals surface area contributed by atoms with Gasteiger partial charge in [0.15, 0.2) is 11.6 Å². The van der Waals surface area contributed by atoms with Crippen LogP contribution in [0, 0.1) is 0 Å². The van der Waals surface area contributed by atoms with Crippen LogP contribution >= 0.6 is 11.3 Å². The number of pyridine rings is 1. The van der Waals surface area contributed by atoms with Crippen molar-refractivity contribution >= 4 is 38.4 Å². The first-order chi connectivity index (χ1) is 16.7. The normalized spacial score (nSPS) is 16.6. The minimum Gasteiger partial charge on any atom is -0.383 e. The smallest absolute Gasteiger partial charge is 0.159 e. The van der Waals surface area contributed by atoms with E-state index in [1.807, 2.05) is 24.0 Å². The van der Waals surface area contributed by atoms with E-state index in [4.69, 9.17) is 19.4 Å². The van der Waals surface area contributed by atoms with E-state index >= 15 is 0 Å². The molecule has 174 valence electrons. The number of methoxy groups -OCH3 is 1. The van der Waals surface area contributed by atoms with Gasteiger partial charge >= 0.3 is 0 Å². The first-order valence-electron chi connectivity index (χ1n) is 11.3. The van der Waals surface area contributed by atoms with Gasteiger partial charge in [-0.05, 0) is 31.2 Å². The molecule has 1 aliphatic rings. The molecule has 6 rings (SSSR count). The molecule has 1 saturated heterocycles. The average Bonchev–Trinajstić information content (AvgIpc) is 3.60. The highest BCUT2D eigenvalue weighted by Crippen LogP contribution is 2.32. The first kappa shape index (κ1) is 21.2. The van der Waals surface area contributed by atoms with Crippen molar-refractivity contribution in [2.75, 3.05) is 38.4 Å². The van der Waals surface area contributed by atoms with Crippen LogP contribution in [0.1, 0.15) is 6.92 Å². The molecule has 34 heavy (non-hydrogen) atoms. The third kappa shape index (κ3) is 3.64. The summed E-state index contributed by atoms with van der Waals surface area (Å²) in [5.74, 6) is 2.49. The van der Waals surface area contributed by atoms with Crippen LogP contribution in [-0.4, -0.2) is 69.0 Å². The number of H-pyrrole nitrogens is 1. The van der Waals surface area contributed by atoms with E-state index in [1.54, 1.807) is 18.4 Å². The van der Waals surface area contributed by atoms with Crippen molar-refractivity contribution in [1.29, 1.82) is 0 Å². The number of nitrogens with one attached hydrogen (secondary N) is 1. The molecule has 1 aromatic carbocycles. The van der Waals surface area contributed by atoms with E-state index in [0.717, 1.165) is 56.5 Å². The molecule has 1 fully saturated rings. The molecule has 0 bridgehead atoms. The summed E-state index contributed by atoms with van der Waals surface area (Å²) < 4.78 is 14.4. The fraction of sp³-hybridized carbons (Fsp3) is 0.333. The van der Waals surface area contributed by atoms with Crippen molar-refractivity contribution in [2.24, 2.45) is 0 Å². The zero-order valence-corrected chi connectivity index (χ0v) is 19.9. The number of aromatic amines is 1. The second kappa shape index (κ2) is 8.79. The predicted molar refractivity (Wildman–Crippen MR) is 133 cm³/mol. The number of thiazole rings is 1. The van der Waals surface area contributed by atoms with Crippen molar-refractivity contribution in [3.63, 3.8) is 0 Å². The summed E-state index contributed by atoms with van der Waals surface area (Å²) >= 11 is 1.63. The molecule has 0 radical (unpaired) electrons. The molecule has 0 saturated carbocycles. The van der Waals surface area contributed by atoms with Gasteiger partial charge < -0.3 is 23.9 Å². The zero-order chi connectivity index (χ0) is 23.1. The molecule has 5 aromatic rings. The Kier molecular flexibility index (Phi) is 5.48. The molecule has 9 nitrogen and oxygen atoms in total. The molecule has 10 heteroatoms. The van der Waals surface area contributed by atoms with Gasteiger partial charge in [-0.3, -0.25) is 0 Å². The maximum absolute atomic E-state index is 5.63. The summed E-state index contributed by atoms with van der Waals surface area (Å²) in [6, 6.07) is 8.46. The highest BCUT2D eigenvalue weighted by Gasteiger charge is 2.25. The number of fused-ring (bicyclic) bond motifs is 2. The second-order valence-electron chi connectivity index (χ2n) is 8.38. The van der Waals surface area contributed by atoms with Crippen LogP contribution in [0.4, 0.5) is 5.82 Å². The monoisotopic (exact) mass is 475 g/mol. The third-order valence-corrected chi connectivity index (χ3v) is 7.04. The number of hydrogen-bond donors (Lipinski definition) is 1. The standard InChI is InChI=1S/C24H25N7O2S/c1-15-13-33-10-8-30(15)24-21-19(5-6-25-24)31(7-9-32-2)23(29-21)18-12-26-22(28-18)16-3-4-20-17(11-16)27-14-34-20/h3-6,11-12,14-15H,7-10,13H2,1-2H3,(H,26,28). The lowest BCUT2D eigenvalue weighted by molar-refractivity contribution is 0.0987. The van der Waals surface area contributed by atoms with E-state index in [9.17, 15) is 0 Å². The molecule has 0 amide bonds. The van der Waals surface area contributed by atoms with E-state index in [1.165, 1.54) is 0 Å². The summed E-state index contributed by atoms with van der Waals surface area (Å²) in [5, 5.41) is 0. The van der Waals surface area contributed by atoms with Crippen LogP contribution in [0.25, 0.3) is 44.2 Å². The maximum Gasteiger partial charge on any atom is 0.159 e. The Morgan fingerprint density at radius 1 is 1.24 bits per heavy atom. The lowest BCUT2D eigenvalue weighted by Crippen LogP contribution is -2.44. The van der Waals surface area contributed by atoms with Crippen LogP contribution in [0.2, 0.25) is 0 Å². The van der Waals surface area contributed by atoms with Crippen LogP contribution in [0.3, 0.4) is 0 Å². The van der Waals surface area contributed by atoms with Gasteiger partial charge in [0.2, 0.25) is 0 Å². The summed E-state index contributed by atoms with van der Waals surface area (Å²) in [5.41, 5.74) is 6.58. The molecule has 1 atom stereocenters. The topological polar surface area (TPSA) is 94.0 Å². The number of morpholine rings is 1. The Hall–Kier alpha value is -3.34. The molecular weight excluding hydrogens is 450 g/mol. The third-order valence-electron chi connectivity index (χ3n) is 6.23. The number of benzene rings is 1. The second-order valence-corrected chi connectivity index (χ2v) is 9.27. The Morgan fingerprint density at radius 2 is 2.18 bits per heavy atom. The van der Waals surface area contributed by atoms with Gasteiger partial charge in [0.25, 0.3) is 0 Å². The molecule has 4 aromatic heterocycles. The van der Waals surface area contributed by atoms with E-state index in [-0.39, 0.29) is 6.04 Å². The minimum atomic E-state index is 0.235. The average molecular weight is 476 g/mol. The van der Waals surface area contributed by atoms with Gasteiger partial charge in [-0.2, -0.15) is 0 Å². The van der Waals surface area contributed by atoms with Crippen molar-refractivity contribution in [1.82, 2.24) is 29.5 Å². The number of imidazole rings is 2. The van der Waals surface area contributed by atoms with Crippen molar-refractivity contribution in [3.8, 4) is 22.9 Å². The maximum atomic E-state index is 5.63. The van der Waals surface area contributed by atoms with Crippen LogP contribution in [-0.2, 0) is 16.0 Å². The molecule has 1 aliphatic heterocycles. The van der Waals surface area contributed by atoms with Gasteiger partial charge in [-0.15, -0.1) is 11.3 Å². The largest absolute Gasteiger partial charge is 0.383 e. The van der Waals surface area contributed by atoms with Crippen LogP contribution in [0.5, 0.6) is 0 Å². The minimum absolute atomic E-state index is 0.235. The van der Waals surface area contributed by atoms with Crippen LogP contribution < -0.4 is 4.90 Å². The summed E-state index contributed by atoms with van der Waals surface area (Å²) in [7, 11) is 1.71. The van der Waals surface area contributed by atoms with Gasteiger partial charge in [0, 0.05) is 32.0 Å². The Balaban J connectivity index is 1.45. The quantitative estimate of drug-likeness (QED) is 0.397. The van der Waals surface area contributed by atoms with E-state index in [0.29, 0.717) is 26.4 Å². The number of hydrogen-bond acceptors (Lipinski definition) is 8. The fourth-order valence-corrected chi connectivity index (χ4v) is 5.15. The van der Waals surface area contributed by atoms with Crippen LogP contribution in [0.15, 0.2) is 42.2 Å². The van der Waals surface area contributed by atoms with Gasteiger partial charge in [-0.25, -0.2) is 19.9 Å². The first-order valence-corrected chi connectivity index (χ1v) is 12.2. The van der Waals surface area contributed by atoms with Gasteiger partial charge in [0.1, 0.15) is 17.0 Å². The summed E-state index contributed by atoms with van der Waals surface area (Å²) in [6.45, 7) is 5.56. The Morgan fingerprint density at radius 3 is 3.06 bits per heavy atom. The Bertz CT molecular complexity index is 1460. The van der Waals surface area contributed by atoms with Crippen molar-refractivity contribution < 1.29 is 9.47 Å². The number of aromatic nitrogens is 6. The lowest BCUT2D eigenvalue weighted by Gasteiger charge is -2.34. The van der Waals surface area contributed by atoms with Gasteiger partial charge in [0.05, 0.1) is 53.3 Å². The highest BCUT2D eigenvalue weighted by atomic mass is 32.1. The molecular formula is C24H25N7O2S. The molecule has 0 spiro atoms. The lowest BCUT2D eigenvalue weighted by atomic mass is 10.2. The fourth-order valence-electron chi connectivity index (χ4n) is 4.49. The molecule has 5 heterocycles. The molecule has 1 N–H and O–H groups in total. The number of ether oxygens (including phenoxy) is 2. The number of rotatable bonds is 6. The molecule has 1 unspecified atom stereocenters.